The van der Waals surface area contributed by atoms with Crippen molar-refractivity contribution in [1.82, 2.24) is 0 Å². The average molecular weight is 309 g/mol. The lowest BCUT2D eigenvalue weighted by atomic mass is 9.93. The molecular weight excluding hydrogens is 295 g/mol. The summed E-state index contributed by atoms with van der Waals surface area (Å²) in [5.74, 6) is -0.265. The number of hydrogen-bond acceptors (Lipinski definition) is 1. The van der Waals surface area contributed by atoms with Gasteiger partial charge in [-0.25, -0.2) is 4.39 Å². The molecule has 1 atom stereocenters. The quantitative estimate of drug-likeness (QED) is 0.908. The van der Waals surface area contributed by atoms with Crippen LogP contribution in [0, 0.1) is 5.82 Å². The Labute approximate surface area is 114 Å². The van der Waals surface area contributed by atoms with Crippen molar-refractivity contribution in [2.24, 2.45) is 0 Å². The van der Waals surface area contributed by atoms with E-state index in [0.29, 0.717) is 6.42 Å². The molecule has 3 heteroatoms. The first-order chi connectivity index (χ1) is 8.70. The molecule has 0 fully saturated rings. The third-order valence-corrected chi connectivity index (χ3v) is 3.66. The van der Waals surface area contributed by atoms with E-state index < -0.39 is 0 Å². The third kappa shape index (κ3) is 3.18. The van der Waals surface area contributed by atoms with Crippen molar-refractivity contribution in [3.63, 3.8) is 0 Å². The van der Waals surface area contributed by atoms with E-state index >= 15 is 0 Å². The highest BCUT2D eigenvalue weighted by atomic mass is 79.9. The van der Waals surface area contributed by atoms with Gasteiger partial charge >= 0.3 is 0 Å². The highest BCUT2D eigenvalue weighted by Gasteiger charge is 2.14. The van der Waals surface area contributed by atoms with Crippen LogP contribution in [0.4, 0.5) is 4.39 Å². The molecular formula is C15H14BrFO. The van der Waals surface area contributed by atoms with Crippen molar-refractivity contribution in [2.45, 2.75) is 12.3 Å². The highest BCUT2D eigenvalue weighted by Crippen LogP contribution is 2.27. The smallest absolute Gasteiger partial charge is 0.123 e. The standard InChI is InChI=1S/C15H14BrFO/c16-15-7-2-1-6-14(15)12(10-18)8-11-4-3-5-13(17)9-11/h1-7,9,12,18H,8,10H2. The number of benzene rings is 2. The van der Waals surface area contributed by atoms with Gasteiger partial charge in [0, 0.05) is 10.4 Å². The lowest BCUT2D eigenvalue weighted by molar-refractivity contribution is 0.264. The predicted octanol–water partition coefficient (Wildman–Crippen LogP) is 3.91. The Morgan fingerprint density at radius 1 is 1.11 bits per heavy atom. The van der Waals surface area contributed by atoms with Crippen LogP contribution in [-0.4, -0.2) is 11.7 Å². The zero-order valence-corrected chi connectivity index (χ0v) is 11.4. The Balaban J connectivity index is 2.23. The van der Waals surface area contributed by atoms with Gasteiger partial charge in [0.2, 0.25) is 0 Å². The first-order valence-electron chi connectivity index (χ1n) is 5.80. The van der Waals surface area contributed by atoms with Crippen molar-refractivity contribution in [2.75, 3.05) is 6.61 Å². The van der Waals surface area contributed by atoms with Crippen LogP contribution in [0.25, 0.3) is 0 Å². The molecule has 0 aromatic heterocycles. The number of hydrogen-bond donors (Lipinski definition) is 1. The van der Waals surface area contributed by atoms with Crippen LogP contribution in [0.15, 0.2) is 53.0 Å². The normalized spacial score (nSPS) is 12.4. The Morgan fingerprint density at radius 3 is 2.56 bits per heavy atom. The third-order valence-electron chi connectivity index (χ3n) is 2.94. The van der Waals surface area contributed by atoms with E-state index in [-0.39, 0.29) is 18.3 Å². The monoisotopic (exact) mass is 308 g/mol. The van der Waals surface area contributed by atoms with Crippen LogP contribution in [0.3, 0.4) is 0 Å². The minimum absolute atomic E-state index is 0.0256. The molecule has 18 heavy (non-hydrogen) atoms. The van der Waals surface area contributed by atoms with Gasteiger partial charge in [-0.3, -0.25) is 0 Å². The molecule has 94 valence electrons. The van der Waals surface area contributed by atoms with Gasteiger partial charge in [0.05, 0.1) is 6.61 Å². The highest BCUT2D eigenvalue weighted by molar-refractivity contribution is 9.10. The van der Waals surface area contributed by atoms with Crippen molar-refractivity contribution in [3.8, 4) is 0 Å². The Kier molecular flexibility index (Phi) is 4.50. The predicted molar refractivity (Wildman–Crippen MR) is 74.1 cm³/mol. The fourth-order valence-electron chi connectivity index (χ4n) is 2.03. The van der Waals surface area contributed by atoms with Gasteiger partial charge in [0.15, 0.2) is 0 Å². The molecule has 1 unspecified atom stereocenters. The largest absolute Gasteiger partial charge is 0.396 e. The molecule has 1 N–H and O–H groups in total. The van der Waals surface area contributed by atoms with Crippen LogP contribution >= 0.6 is 15.9 Å². The number of rotatable bonds is 4. The molecule has 0 amide bonds. The molecule has 0 saturated heterocycles. The van der Waals surface area contributed by atoms with Crippen LogP contribution in [0.1, 0.15) is 17.0 Å². The molecule has 2 aromatic rings. The second-order valence-corrected chi connectivity index (χ2v) is 5.09. The minimum atomic E-state index is -0.240. The van der Waals surface area contributed by atoms with Crippen LogP contribution in [-0.2, 0) is 6.42 Å². The summed E-state index contributed by atoms with van der Waals surface area (Å²) in [6.45, 7) is 0.0408. The molecule has 0 saturated carbocycles. The molecule has 0 bridgehead atoms. The Hall–Kier alpha value is -1.19. The van der Waals surface area contributed by atoms with Crippen molar-refractivity contribution >= 4 is 15.9 Å². The van der Waals surface area contributed by atoms with Crippen LogP contribution in [0.5, 0.6) is 0 Å². The minimum Gasteiger partial charge on any atom is -0.396 e. The Bertz CT molecular complexity index is 527. The van der Waals surface area contributed by atoms with Gasteiger partial charge in [-0.1, -0.05) is 46.3 Å². The lowest BCUT2D eigenvalue weighted by Gasteiger charge is -2.16. The first kappa shape index (κ1) is 13.2. The average Bonchev–Trinajstić information content (AvgIpc) is 2.37. The molecule has 0 heterocycles. The summed E-state index contributed by atoms with van der Waals surface area (Å²) >= 11 is 3.48. The van der Waals surface area contributed by atoms with E-state index in [1.165, 1.54) is 12.1 Å². The van der Waals surface area contributed by atoms with E-state index in [2.05, 4.69) is 15.9 Å². The van der Waals surface area contributed by atoms with Crippen molar-refractivity contribution < 1.29 is 9.50 Å². The van der Waals surface area contributed by atoms with E-state index in [1.54, 1.807) is 6.07 Å². The van der Waals surface area contributed by atoms with Gasteiger partial charge in [-0.05, 0) is 35.7 Å². The summed E-state index contributed by atoms with van der Waals surface area (Å²) in [5.41, 5.74) is 1.94. The lowest BCUT2D eigenvalue weighted by Crippen LogP contribution is -2.08. The molecule has 2 rings (SSSR count). The number of aliphatic hydroxyl groups excluding tert-OH is 1. The van der Waals surface area contributed by atoms with Crippen LogP contribution in [0.2, 0.25) is 0 Å². The van der Waals surface area contributed by atoms with E-state index in [4.69, 9.17) is 0 Å². The second kappa shape index (κ2) is 6.12. The molecule has 0 aliphatic rings. The zero-order valence-electron chi connectivity index (χ0n) is 9.81. The summed E-state index contributed by atoms with van der Waals surface area (Å²) in [7, 11) is 0. The van der Waals surface area contributed by atoms with Gasteiger partial charge in [-0.2, -0.15) is 0 Å². The molecule has 1 nitrogen and oxygen atoms in total. The Morgan fingerprint density at radius 2 is 1.89 bits per heavy atom. The van der Waals surface area contributed by atoms with E-state index in [0.717, 1.165) is 15.6 Å². The van der Waals surface area contributed by atoms with E-state index in [1.807, 2.05) is 30.3 Å². The second-order valence-electron chi connectivity index (χ2n) is 4.24. The maximum absolute atomic E-state index is 13.1. The van der Waals surface area contributed by atoms with Gasteiger partial charge < -0.3 is 5.11 Å². The van der Waals surface area contributed by atoms with Crippen LogP contribution < -0.4 is 0 Å². The fraction of sp³-hybridized carbons (Fsp3) is 0.200. The summed E-state index contributed by atoms with van der Waals surface area (Å²) < 4.78 is 14.1. The van der Waals surface area contributed by atoms with Gasteiger partial charge in [0.1, 0.15) is 5.82 Å². The zero-order chi connectivity index (χ0) is 13.0. The summed E-state index contributed by atoms with van der Waals surface area (Å²) in [6, 6.07) is 14.3. The molecule has 0 aliphatic heterocycles. The molecule has 0 radical (unpaired) electrons. The van der Waals surface area contributed by atoms with E-state index in [9.17, 15) is 9.50 Å². The van der Waals surface area contributed by atoms with Gasteiger partial charge in [0.25, 0.3) is 0 Å². The summed E-state index contributed by atoms with van der Waals surface area (Å²) in [4.78, 5) is 0. The topological polar surface area (TPSA) is 20.2 Å². The number of aliphatic hydroxyl groups is 1. The number of halogens is 2. The molecule has 0 aliphatic carbocycles. The van der Waals surface area contributed by atoms with Gasteiger partial charge in [-0.15, -0.1) is 0 Å². The summed E-state index contributed by atoms with van der Waals surface area (Å²) in [5, 5.41) is 9.52. The maximum atomic E-state index is 13.1. The first-order valence-corrected chi connectivity index (χ1v) is 6.59. The van der Waals surface area contributed by atoms with Crippen molar-refractivity contribution in [3.05, 3.63) is 69.9 Å². The maximum Gasteiger partial charge on any atom is 0.123 e. The molecule has 2 aromatic carbocycles. The molecule has 0 spiro atoms. The fourth-order valence-corrected chi connectivity index (χ4v) is 2.64. The SMILES string of the molecule is OCC(Cc1cccc(F)c1)c1ccccc1Br. The van der Waals surface area contributed by atoms with Crippen molar-refractivity contribution in [1.29, 1.82) is 0 Å². The summed E-state index contributed by atoms with van der Waals surface area (Å²) in [6.07, 6.45) is 0.622.